The van der Waals surface area contributed by atoms with E-state index in [1.54, 1.807) is 0 Å². The van der Waals surface area contributed by atoms with Gasteiger partial charge in [0.1, 0.15) is 5.69 Å². The lowest BCUT2D eigenvalue weighted by Crippen LogP contribution is -2.33. The number of benzene rings is 1. The SMILES string of the molecule is CCC(C)(C)CNS(=O)(=O)c1ccc(NN)c([N+](=O)[O-])c1. The zero-order valence-electron chi connectivity index (χ0n) is 12.2. The van der Waals surface area contributed by atoms with Crippen molar-refractivity contribution in [1.29, 1.82) is 0 Å². The molecule has 0 aromatic heterocycles. The summed E-state index contributed by atoms with van der Waals surface area (Å²) in [7, 11) is -3.81. The lowest BCUT2D eigenvalue weighted by Gasteiger charge is -2.22. The third-order valence-electron chi connectivity index (χ3n) is 3.33. The third kappa shape index (κ3) is 4.38. The Morgan fingerprint density at radius 3 is 2.48 bits per heavy atom. The largest absolute Gasteiger partial charge is 0.318 e. The number of hydrazine groups is 1. The number of nitrogens with one attached hydrogen (secondary N) is 2. The summed E-state index contributed by atoms with van der Waals surface area (Å²) in [5.74, 6) is 5.16. The van der Waals surface area contributed by atoms with E-state index in [-0.39, 0.29) is 22.5 Å². The quantitative estimate of drug-likeness (QED) is 0.398. The zero-order valence-corrected chi connectivity index (χ0v) is 13.0. The van der Waals surface area contributed by atoms with Crippen molar-refractivity contribution in [2.75, 3.05) is 12.0 Å². The number of nitro benzene ring substituents is 1. The van der Waals surface area contributed by atoms with Crippen molar-refractivity contribution in [2.24, 2.45) is 11.3 Å². The predicted octanol–water partition coefficient (Wildman–Crippen LogP) is 1.59. The standard InChI is InChI=1S/C12H20N4O4S/c1-4-12(2,3)8-14-21(19,20)9-5-6-10(15-13)11(7-9)16(17)18/h5-7,14-15H,4,8,13H2,1-3H3. The van der Waals surface area contributed by atoms with E-state index < -0.39 is 20.6 Å². The number of nitro groups is 1. The molecular formula is C12H20N4O4S. The smallest absolute Gasteiger partial charge is 0.294 e. The summed E-state index contributed by atoms with van der Waals surface area (Å²) < 4.78 is 26.8. The molecule has 9 heteroatoms. The van der Waals surface area contributed by atoms with Crippen molar-refractivity contribution in [3.8, 4) is 0 Å². The highest BCUT2D eigenvalue weighted by Gasteiger charge is 2.23. The van der Waals surface area contributed by atoms with E-state index in [2.05, 4.69) is 10.1 Å². The first-order valence-electron chi connectivity index (χ1n) is 6.37. The molecule has 0 bridgehead atoms. The van der Waals surface area contributed by atoms with Gasteiger partial charge in [-0.3, -0.25) is 16.0 Å². The summed E-state index contributed by atoms with van der Waals surface area (Å²) in [5, 5.41) is 10.9. The van der Waals surface area contributed by atoms with Crippen LogP contribution in [-0.2, 0) is 10.0 Å². The van der Waals surface area contributed by atoms with Gasteiger partial charge in [0.2, 0.25) is 10.0 Å². The highest BCUT2D eigenvalue weighted by molar-refractivity contribution is 7.89. The van der Waals surface area contributed by atoms with Gasteiger partial charge in [-0.2, -0.15) is 0 Å². The molecule has 0 saturated carbocycles. The number of hydrogen-bond donors (Lipinski definition) is 3. The van der Waals surface area contributed by atoms with Gasteiger partial charge in [-0.25, -0.2) is 13.1 Å². The van der Waals surface area contributed by atoms with E-state index >= 15 is 0 Å². The van der Waals surface area contributed by atoms with E-state index in [4.69, 9.17) is 5.84 Å². The zero-order chi connectivity index (χ0) is 16.3. The van der Waals surface area contributed by atoms with Crippen LogP contribution in [0.3, 0.4) is 0 Å². The predicted molar refractivity (Wildman–Crippen MR) is 80.2 cm³/mol. The summed E-state index contributed by atoms with van der Waals surface area (Å²) in [6.07, 6.45) is 0.797. The van der Waals surface area contributed by atoms with Crippen LogP contribution in [0.25, 0.3) is 0 Å². The molecule has 0 aliphatic heterocycles. The van der Waals surface area contributed by atoms with E-state index in [1.807, 2.05) is 20.8 Å². The minimum absolute atomic E-state index is 0.0489. The van der Waals surface area contributed by atoms with Gasteiger partial charge in [0.25, 0.3) is 5.69 Å². The molecule has 0 atom stereocenters. The number of hydrogen-bond acceptors (Lipinski definition) is 6. The van der Waals surface area contributed by atoms with Gasteiger partial charge < -0.3 is 5.43 Å². The Hall–Kier alpha value is -1.71. The molecule has 21 heavy (non-hydrogen) atoms. The Morgan fingerprint density at radius 1 is 1.38 bits per heavy atom. The molecule has 0 heterocycles. The van der Waals surface area contributed by atoms with Crippen molar-refractivity contribution in [2.45, 2.75) is 32.1 Å². The van der Waals surface area contributed by atoms with Crippen LogP contribution in [0.2, 0.25) is 0 Å². The van der Waals surface area contributed by atoms with E-state index in [9.17, 15) is 18.5 Å². The summed E-state index contributed by atoms with van der Waals surface area (Å²) in [4.78, 5) is 10.1. The lowest BCUT2D eigenvalue weighted by atomic mass is 9.91. The fourth-order valence-electron chi connectivity index (χ4n) is 1.45. The normalized spacial score (nSPS) is 12.2. The molecule has 8 nitrogen and oxygen atoms in total. The Morgan fingerprint density at radius 2 is 2.00 bits per heavy atom. The fraction of sp³-hybridized carbons (Fsp3) is 0.500. The van der Waals surface area contributed by atoms with Crippen LogP contribution in [-0.4, -0.2) is 19.9 Å². The molecule has 1 rings (SSSR count). The van der Waals surface area contributed by atoms with Gasteiger partial charge in [0.15, 0.2) is 0 Å². The van der Waals surface area contributed by atoms with Gasteiger partial charge in [-0.05, 0) is 24.0 Å². The maximum absolute atomic E-state index is 12.2. The molecule has 4 N–H and O–H groups in total. The highest BCUT2D eigenvalue weighted by Crippen LogP contribution is 2.27. The van der Waals surface area contributed by atoms with Crippen LogP contribution < -0.4 is 16.0 Å². The van der Waals surface area contributed by atoms with Crippen molar-refractivity contribution in [3.63, 3.8) is 0 Å². The van der Waals surface area contributed by atoms with Crippen molar-refractivity contribution in [1.82, 2.24) is 4.72 Å². The fourth-order valence-corrected chi connectivity index (χ4v) is 2.71. The van der Waals surface area contributed by atoms with Gasteiger partial charge in [-0.15, -0.1) is 0 Å². The van der Waals surface area contributed by atoms with E-state index in [1.165, 1.54) is 12.1 Å². The van der Waals surface area contributed by atoms with Crippen LogP contribution in [0.15, 0.2) is 23.1 Å². The average Bonchev–Trinajstić information content (AvgIpc) is 2.44. The molecule has 0 unspecified atom stereocenters. The van der Waals surface area contributed by atoms with Gasteiger partial charge in [0, 0.05) is 12.6 Å². The lowest BCUT2D eigenvalue weighted by molar-refractivity contribution is -0.384. The monoisotopic (exact) mass is 316 g/mol. The number of rotatable bonds is 7. The molecule has 0 spiro atoms. The number of sulfonamides is 1. The average molecular weight is 316 g/mol. The molecule has 1 aromatic carbocycles. The van der Waals surface area contributed by atoms with Crippen molar-refractivity contribution < 1.29 is 13.3 Å². The van der Waals surface area contributed by atoms with Crippen LogP contribution in [0, 0.1) is 15.5 Å². The summed E-state index contributed by atoms with van der Waals surface area (Å²) in [6.45, 7) is 6.07. The van der Waals surface area contributed by atoms with Gasteiger partial charge >= 0.3 is 0 Å². The molecule has 0 radical (unpaired) electrons. The number of nitrogens with zero attached hydrogens (tertiary/aromatic N) is 1. The first-order valence-corrected chi connectivity index (χ1v) is 7.86. The molecular weight excluding hydrogens is 296 g/mol. The van der Waals surface area contributed by atoms with Crippen LogP contribution in [0.5, 0.6) is 0 Å². The molecule has 1 aromatic rings. The highest BCUT2D eigenvalue weighted by atomic mass is 32.2. The van der Waals surface area contributed by atoms with E-state index in [0.29, 0.717) is 0 Å². The molecule has 0 amide bonds. The number of nitrogen functional groups attached to an aromatic ring is 1. The minimum atomic E-state index is -3.81. The maximum atomic E-state index is 12.2. The van der Waals surface area contributed by atoms with Gasteiger partial charge in [-0.1, -0.05) is 20.8 Å². The van der Waals surface area contributed by atoms with Crippen molar-refractivity contribution >= 4 is 21.4 Å². The van der Waals surface area contributed by atoms with Crippen LogP contribution in [0.4, 0.5) is 11.4 Å². The van der Waals surface area contributed by atoms with E-state index in [0.717, 1.165) is 12.5 Å². The Kier molecular flexibility index (Phi) is 5.26. The second-order valence-corrected chi connectivity index (χ2v) is 7.19. The molecule has 0 fully saturated rings. The Bertz CT molecular complexity index is 628. The summed E-state index contributed by atoms with van der Waals surface area (Å²) in [6, 6.07) is 3.51. The minimum Gasteiger partial charge on any atom is -0.318 e. The number of nitrogens with two attached hydrogens (primary N) is 1. The molecule has 0 aliphatic carbocycles. The van der Waals surface area contributed by atoms with Crippen LogP contribution in [0.1, 0.15) is 27.2 Å². The molecule has 118 valence electrons. The second kappa shape index (κ2) is 6.37. The maximum Gasteiger partial charge on any atom is 0.294 e. The first-order chi connectivity index (χ1) is 9.63. The molecule has 0 saturated heterocycles. The second-order valence-electron chi connectivity index (χ2n) is 5.42. The summed E-state index contributed by atoms with van der Waals surface area (Å²) in [5.41, 5.74) is 1.62. The topological polar surface area (TPSA) is 127 Å². The Labute approximate surface area is 123 Å². The number of anilines is 1. The first kappa shape index (κ1) is 17.3. The summed E-state index contributed by atoms with van der Waals surface area (Å²) >= 11 is 0. The third-order valence-corrected chi connectivity index (χ3v) is 4.73. The Balaban J connectivity index is 3.09. The van der Waals surface area contributed by atoms with Crippen LogP contribution >= 0.6 is 0 Å². The van der Waals surface area contributed by atoms with Gasteiger partial charge in [0.05, 0.1) is 9.82 Å². The molecule has 0 aliphatic rings. The van der Waals surface area contributed by atoms with Crippen molar-refractivity contribution in [3.05, 3.63) is 28.3 Å².